The number of nitrogens with one attached hydrogen (secondary N) is 1. The second-order valence-electron chi connectivity index (χ2n) is 6.01. The number of rotatable bonds is 5. The zero-order chi connectivity index (χ0) is 18.3. The van der Waals surface area contributed by atoms with E-state index in [1.807, 2.05) is 6.92 Å². The monoisotopic (exact) mass is 355 g/mol. The van der Waals surface area contributed by atoms with Crippen LogP contribution < -0.4 is 17.0 Å². The van der Waals surface area contributed by atoms with Gasteiger partial charge in [-0.3, -0.25) is 14.3 Å². The molecule has 25 heavy (non-hydrogen) atoms. The summed E-state index contributed by atoms with van der Waals surface area (Å²) < 4.78 is 7.66. The number of hydrogen-bond donors (Lipinski definition) is 5. The number of fused-ring (bicyclic) bond motifs is 1. The molecule has 3 rings (SSSR count). The van der Waals surface area contributed by atoms with Crippen LogP contribution in [0.1, 0.15) is 26.0 Å². The van der Waals surface area contributed by atoms with Crippen LogP contribution in [0.2, 0.25) is 0 Å². The molecule has 11 heteroatoms. The minimum atomic E-state index is -1.47. The molecular weight excluding hydrogens is 334 g/mol. The summed E-state index contributed by atoms with van der Waals surface area (Å²) in [6.07, 6.45) is -3.75. The zero-order valence-electron chi connectivity index (χ0n) is 13.6. The molecule has 0 radical (unpaired) electrons. The summed E-state index contributed by atoms with van der Waals surface area (Å²) in [4.78, 5) is 31.5. The van der Waals surface area contributed by atoms with Crippen LogP contribution in [0.3, 0.4) is 0 Å². The van der Waals surface area contributed by atoms with Crippen LogP contribution in [0.5, 0.6) is 0 Å². The van der Waals surface area contributed by atoms with Crippen molar-refractivity contribution < 1.29 is 20.1 Å². The first-order chi connectivity index (χ1) is 11.9. The van der Waals surface area contributed by atoms with E-state index < -0.39 is 42.4 Å². The average molecular weight is 355 g/mol. The molecule has 138 valence electrons. The largest absolute Gasteiger partial charge is 0.394 e. The molecule has 0 saturated carbocycles. The maximum atomic E-state index is 12.8. The lowest BCUT2D eigenvalue weighted by Gasteiger charge is -2.15. The number of nitrogens with two attached hydrogens (primary N) is 1. The molecule has 1 aliphatic heterocycles. The van der Waals surface area contributed by atoms with Crippen molar-refractivity contribution in [3.8, 4) is 0 Å². The van der Waals surface area contributed by atoms with E-state index in [9.17, 15) is 24.9 Å². The predicted molar refractivity (Wildman–Crippen MR) is 86.9 cm³/mol. The van der Waals surface area contributed by atoms with E-state index in [-0.39, 0.29) is 23.7 Å². The fourth-order valence-electron chi connectivity index (χ4n) is 3.05. The van der Waals surface area contributed by atoms with Gasteiger partial charge in [-0.25, -0.2) is 9.36 Å². The van der Waals surface area contributed by atoms with Gasteiger partial charge in [-0.15, -0.1) is 0 Å². The fourth-order valence-corrected chi connectivity index (χ4v) is 3.05. The predicted octanol–water partition coefficient (Wildman–Crippen LogP) is -2.12. The summed E-state index contributed by atoms with van der Waals surface area (Å²) in [6.45, 7) is 1.69. The minimum Gasteiger partial charge on any atom is -0.394 e. The van der Waals surface area contributed by atoms with E-state index in [2.05, 4.69) is 9.97 Å². The van der Waals surface area contributed by atoms with Crippen LogP contribution in [0, 0.1) is 0 Å². The van der Waals surface area contributed by atoms with Gasteiger partial charge >= 0.3 is 5.69 Å². The molecule has 2 aromatic heterocycles. The molecule has 2 aromatic rings. The molecule has 0 aliphatic carbocycles. The van der Waals surface area contributed by atoms with E-state index in [1.54, 1.807) is 0 Å². The van der Waals surface area contributed by atoms with Gasteiger partial charge in [0.15, 0.2) is 17.4 Å². The molecule has 0 amide bonds. The lowest BCUT2D eigenvalue weighted by molar-refractivity contribution is -0.0528. The van der Waals surface area contributed by atoms with Gasteiger partial charge in [-0.05, 0) is 6.42 Å². The Hall–Kier alpha value is -2.21. The quantitative estimate of drug-likeness (QED) is 0.405. The van der Waals surface area contributed by atoms with E-state index >= 15 is 0 Å². The maximum absolute atomic E-state index is 12.8. The summed E-state index contributed by atoms with van der Waals surface area (Å²) >= 11 is 0. The van der Waals surface area contributed by atoms with Gasteiger partial charge in [0.05, 0.1) is 6.61 Å². The van der Waals surface area contributed by atoms with Crippen LogP contribution in [0.25, 0.3) is 11.2 Å². The van der Waals surface area contributed by atoms with Gasteiger partial charge in [0, 0.05) is 6.54 Å². The van der Waals surface area contributed by atoms with E-state index in [0.717, 1.165) is 11.0 Å². The average Bonchev–Trinajstić information content (AvgIpc) is 3.00. The summed E-state index contributed by atoms with van der Waals surface area (Å²) in [5.41, 5.74) is 4.37. The highest BCUT2D eigenvalue weighted by atomic mass is 16.6. The molecule has 6 N–H and O–H groups in total. The van der Waals surface area contributed by atoms with Crippen molar-refractivity contribution in [3.05, 3.63) is 20.8 Å². The lowest BCUT2D eigenvalue weighted by Crippen LogP contribution is -2.36. The van der Waals surface area contributed by atoms with Crippen molar-refractivity contribution in [2.24, 2.45) is 0 Å². The van der Waals surface area contributed by atoms with Gasteiger partial charge in [0.2, 0.25) is 5.95 Å². The van der Waals surface area contributed by atoms with Crippen LogP contribution >= 0.6 is 0 Å². The summed E-state index contributed by atoms with van der Waals surface area (Å²) in [6, 6.07) is 0. The number of anilines is 1. The Balaban J connectivity index is 2.23. The van der Waals surface area contributed by atoms with E-state index in [4.69, 9.17) is 10.5 Å². The van der Waals surface area contributed by atoms with Crippen molar-refractivity contribution >= 4 is 17.1 Å². The Labute approximate surface area is 141 Å². The second-order valence-corrected chi connectivity index (χ2v) is 6.01. The summed E-state index contributed by atoms with van der Waals surface area (Å²) in [7, 11) is 0. The number of aromatic amines is 1. The van der Waals surface area contributed by atoms with Gasteiger partial charge < -0.3 is 25.8 Å². The van der Waals surface area contributed by atoms with Crippen LogP contribution in [0.4, 0.5) is 5.95 Å². The Morgan fingerprint density at radius 3 is 2.64 bits per heavy atom. The van der Waals surface area contributed by atoms with Crippen molar-refractivity contribution in [1.82, 2.24) is 19.1 Å². The van der Waals surface area contributed by atoms with Crippen LogP contribution in [-0.2, 0) is 11.3 Å². The minimum absolute atomic E-state index is 0.0189. The Morgan fingerprint density at radius 2 is 2.04 bits per heavy atom. The number of unbranched alkanes of at least 4 members (excludes halogenated alkanes) is 1. The molecule has 0 bridgehead atoms. The zero-order valence-corrected chi connectivity index (χ0v) is 13.6. The van der Waals surface area contributed by atoms with Crippen molar-refractivity contribution in [2.45, 2.75) is 50.8 Å². The number of H-pyrrole nitrogens is 1. The first-order valence-corrected chi connectivity index (χ1v) is 8.03. The Morgan fingerprint density at radius 1 is 1.32 bits per heavy atom. The summed E-state index contributed by atoms with van der Waals surface area (Å²) in [5, 5.41) is 29.4. The van der Waals surface area contributed by atoms with Crippen molar-refractivity contribution in [3.63, 3.8) is 0 Å². The number of imidazole rings is 1. The molecule has 0 spiro atoms. The number of ether oxygens (including phenoxy) is 1. The molecule has 1 fully saturated rings. The lowest BCUT2D eigenvalue weighted by atomic mass is 10.1. The Bertz CT molecular complexity index is 886. The SMILES string of the molecule is CCCCn1c(=O)n(C2OC(CO)[C@@H](O)[C@H]2O)c2nc(N)[nH]c(=O)c21. The number of nitrogen functional groups attached to an aromatic ring is 1. The first kappa shape index (κ1) is 17.6. The molecule has 0 aromatic carbocycles. The van der Waals surface area contributed by atoms with Crippen molar-refractivity contribution in [2.75, 3.05) is 12.3 Å². The number of nitrogens with zero attached hydrogens (tertiary/aromatic N) is 3. The molecule has 2 unspecified atom stereocenters. The third-order valence-corrected chi connectivity index (χ3v) is 4.34. The highest BCUT2D eigenvalue weighted by Crippen LogP contribution is 2.30. The molecule has 1 aliphatic rings. The normalized spacial score (nSPS) is 26.6. The smallest absolute Gasteiger partial charge is 0.332 e. The number of aliphatic hydroxyl groups is 3. The van der Waals surface area contributed by atoms with E-state index in [1.165, 1.54) is 4.57 Å². The molecular formula is C14H21N5O6. The molecule has 11 nitrogen and oxygen atoms in total. The van der Waals surface area contributed by atoms with Crippen LogP contribution in [0.15, 0.2) is 9.59 Å². The van der Waals surface area contributed by atoms with Crippen molar-refractivity contribution in [1.29, 1.82) is 0 Å². The highest BCUT2D eigenvalue weighted by molar-refractivity contribution is 5.71. The first-order valence-electron chi connectivity index (χ1n) is 8.03. The second kappa shape index (κ2) is 6.59. The third kappa shape index (κ3) is 2.74. The fraction of sp³-hybridized carbons (Fsp3) is 0.643. The third-order valence-electron chi connectivity index (χ3n) is 4.34. The molecule has 3 heterocycles. The number of aryl methyl sites for hydroxylation is 1. The van der Waals surface area contributed by atoms with Gasteiger partial charge in [-0.1, -0.05) is 13.3 Å². The highest BCUT2D eigenvalue weighted by Gasteiger charge is 2.45. The van der Waals surface area contributed by atoms with Gasteiger partial charge in [-0.2, -0.15) is 4.98 Å². The topological polar surface area (TPSA) is 169 Å². The standard InChI is InChI=1S/C14H21N5O6/c1-2-3-4-18-7-10(16-13(15)17-11(7)23)19(14(18)24)12-9(22)8(21)6(5-20)25-12/h6,8-9,12,20-22H,2-5H2,1H3,(H3,15,16,17,23)/t6?,8-,9-,12?/m1/s1. The van der Waals surface area contributed by atoms with E-state index in [0.29, 0.717) is 6.42 Å². The number of aliphatic hydroxyl groups excluding tert-OH is 3. The maximum Gasteiger partial charge on any atom is 0.332 e. The molecule has 4 atom stereocenters. The summed E-state index contributed by atoms with van der Waals surface area (Å²) in [5.74, 6) is -0.189. The Kier molecular flexibility index (Phi) is 4.64. The number of hydrogen-bond acceptors (Lipinski definition) is 8. The van der Waals surface area contributed by atoms with Gasteiger partial charge in [0.1, 0.15) is 18.3 Å². The van der Waals surface area contributed by atoms with Gasteiger partial charge in [0.25, 0.3) is 5.56 Å². The number of aromatic nitrogens is 4. The molecule has 1 saturated heterocycles. The van der Waals surface area contributed by atoms with Crippen LogP contribution in [-0.4, -0.2) is 59.3 Å².